The first kappa shape index (κ1) is 16.2. The third-order valence-corrected chi connectivity index (χ3v) is 3.33. The summed E-state index contributed by atoms with van der Waals surface area (Å²) in [7, 11) is 0. The molecular formula is C15H19NO6. The molecule has 1 atom stereocenters. The highest BCUT2D eigenvalue weighted by Crippen LogP contribution is 2.17. The van der Waals surface area contributed by atoms with Crippen molar-refractivity contribution in [3.63, 3.8) is 0 Å². The monoisotopic (exact) mass is 309 g/mol. The average molecular weight is 309 g/mol. The zero-order chi connectivity index (χ0) is 15.8. The molecule has 1 aromatic carbocycles. The quantitative estimate of drug-likeness (QED) is 0.437. The second-order valence-corrected chi connectivity index (χ2v) is 5.02. The van der Waals surface area contributed by atoms with Crippen molar-refractivity contribution in [1.29, 1.82) is 0 Å². The Morgan fingerprint density at radius 2 is 2.09 bits per heavy atom. The highest BCUT2D eigenvalue weighted by Gasteiger charge is 2.16. The zero-order valence-electron chi connectivity index (χ0n) is 12.2. The van der Waals surface area contributed by atoms with Crippen molar-refractivity contribution >= 4 is 11.7 Å². The smallest absolute Gasteiger partial charge is 0.309 e. The van der Waals surface area contributed by atoms with Crippen LogP contribution in [0.5, 0.6) is 5.75 Å². The molecular weight excluding hydrogens is 290 g/mol. The summed E-state index contributed by atoms with van der Waals surface area (Å²) in [6.45, 7) is 1.18. The molecule has 120 valence electrons. The van der Waals surface area contributed by atoms with Crippen molar-refractivity contribution < 1.29 is 23.9 Å². The van der Waals surface area contributed by atoms with Crippen molar-refractivity contribution in [1.82, 2.24) is 0 Å². The van der Waals surface area contributed by atoms with Gasteiger partial charge in [0.1, 0.15) is 12.4 Å². The first-order chi connectivity index (χ1) is 10.6. The van der Waals surface area contributed by atoms with Gasteiger partial charge in [-0.3, -0.25) is 14.9 Å². The predicted molar refractivity (Wildman–Crippen MR) is 77.8 cm³/mol. The van der Waals surface area contributed by atoms with Crippen LogP contribution >= 0.6 is 0 Å². The summed E-state index contributed by atoms with van der Waals surface area (Å²) >= 11 is 0. The van der Waals surface area contributed by atoms with E-state index in [1.54, 1.807) is 0 Å². The van der Waals surface area contributed by atoms with E-state index in [1.165, 1.54) is 24.3 Å². The Morgan fingerprint density at radius 3 is 2.73 bits per heavy atom. The minimum absolute atomic E-state index is 0.000702. The number of nitro benzene ring substituents is 1. The fraction of sp³-hybridized carbons (Fsp3) is 0.533. The number of nitrogens with zero attached hydrogens (tertiary/aromatic N) is 1. The van der Waals surface area contributed by atoms with Crippen LogP contribution in [0.1, 0.15) is 25.7 Å². The SMILES string of the molecule is O=C(CCOc1ccc([N+](=O)[O-])cc1)OCC1CCCCO1. The van der Waals surface area contributed by atoms with E-state index in [4.69, 9.17) is 14.2 Å². The predicted octanol–water partition coefficient (Wildman–Crippen LogP) is 2.48. The molecule has 1 heterocycles. The molecule has 1 aliphatic rings. The Labute approximate surface area is 128 Å². The van der Waals surface area contributed by atoms with E-state index < -0.39 is 4.92 Å². The minimum Gasteiger partial charge on any atom is -0.493 e. The molecule has 0 bridgehead atoms. The molecule has 0 aliphatic carbocycles. The molecule has 2 rings (SSSR count). The van der Waals surface area contributed by atoms with Gasteiger partial charge in [0.25, 0.3) is 5.69 Å². The maximum absolute atomic E-state index is 11.6. The number of ether oxygens (including phenoxy) is 3. The second kappa shape index (κ2) is 8.33. The van der Waals surface area contributed by atoms with E-state index in [0.717, 1.165) is 25.9 Å². The lowest BCUT2D eigenvalue weighted by Crippen LogP contribution is -2.26. The number of rotatable bonds is 7. The lowest BCUT2D eigenvalue weighted by Gasteiger charge is -2.22. The maximum Gasteiger partial charge on any atom is 0.309 e. The van der Waals surface area contributed by atoms with Gasteiger partial charge in [-0.05, 0) is 31.4 Å². The van der Waals surface area contributed by atoms with Gasteiger partial charge in [-0.15, -0.1) is 0 Å². The number of esters is 1. The van der Waals surface area contributed by atoms with Crippen molar-refractivity contribution in [2.24, 2.45) is 0 Å². The van der Waals surface area contributed by atoms with Gasteiger partial charge in [0, 0.05) is 18.7 Å². The van der Waals surface area contributed by atoms with Crippen LogP contribution in [-0.2, 0) is 14.3 Å². The molecule has 0 N–H and O–H groups in total. The molecule has 22 heavy (non-hydrogen) atoms. The number of hydrogen-bond donors (Lipinski definition) is 0. The Morgan fingerprint density at radius 1 is 1.32 bits per heavy atom. The van der Waals surface area contributed by atoms with Gasteiger partial charge in [-0.2, -0.15) is 0 Å². The van der Waals surface area contributed by atoms with Gasteiger partial charge < -0.3 is 14.2 Å². The van der Waals surface area contributed by atoms with E-state index in [-0.39, 0.29) is 37.4 Å². The Balaban J connectivity index is 1.62. The largest absolute Gasteiger partial charge is 0.493 e. The van der Waals surface area contributed by atoms with Gasteiger partial charge in [-0.1, -0.05) is 0 Å². The molecule has 7 nitrogen and oxygen atoms in total. The highest BCUT2D eigenvalue weighted by atomic mass is 16.6. The lowest BCUT2D eigenvalue weighted by molar-refractivity contribution is -0.384. The highest BCUT2D eigenvalue weighted by molar-refractivity contribution is 5.69. The Kier molecular flexibility index (Phi) is 6.14. The Bertz CT molecular complexity index is 495. The van der Waals surface area contributed by atoms with Gasteiger partial charge in [0.2, 0.25) is 0 Å². The maximum atomic E-state index is 11.6. The van der Waals surface area contributed by atoms with Crippen LogP contribution in [0.25, 0.3) is 0 Å². The third-order valence-electron chi connectivity index (χ3n) is 3.33. The molecule has 1 aliphatic heterocycles. The molecule has 1 aromatic rings. The number of benzene rings is 1. The van der Waals surface area contributed by atoms with Crippen LogP contribution in [0.3, 0.4) is 0 Å². The van der Waals surface area contributed by atoms with Crippen molar-refractivity contribution in [2.45, 2.75) is 31.8 Å². The topological polar surface area (TPSA) is 87.9 Å². The molecule has 0 aromatic heterocycles. The van der Waals surface area contributed by atoms with Crippen LogP contribution < -0.4 is 4.74 Å². The molecule has 0 saturated carbocycles. The van der Waals surface area contributed by atoms with Crippen LogP contribution in [0.2, 0.25) is 0 Å². The van der Waals surface area contributed by atoms with E-state index in [1.807, 2.05) is 0 Å². The number of carbonyl (C=O) groups is 1. The standard InChI is InChI=1S/C15H19NO6/c17-15(22-11-14-3-1-2-9-20-14)8-10-21-13-6-4-12(5-7-13)16(18)19/h4-7,14H,1-3,8-11H2. The average Bonchev–Trinajstić information content (AvgIpc) is 2.54. The summed E-state index contributed by atoms with van der Waals surface area (Å²) < 4.78 is 16.0. The normalized spacial score (nSPS) is 17.7. The minimum atomic E-state index is -0.478. The summed E-state index contributed by atoms with van der Waals surface area (Å²) in [5.41, 5.74) is -0.000702. The van der Waals surface area contributed by atoms with Crippen LogP contribution in [0, 0.1) is 10.1 Å². The fourth-order valence-electron chi connectivity index (χ4n) is 2.11. The molecule has 0 spiro atoms. The first-order valence-electron chi connectivity index (χ1n) is 7.29. The van der Waals surface area contributed by atoms with Crippen molar-refractivity contribution in [3.8, 4) is 5.75 Å². The van der Waals surface area contributed by atoms with Gasteiger partial charge in [-0.25, -0.2) is 0 Å². The van der Waals surface area contributed by atoms with Crippen LogP contribution in [0.15, 0.2) is 24.3 Å². The molecule has 1 unspecified atom stereocenters. The zero-order valence-corrected chi connectivity index (χ0v) is 12.2. The molecule has 1 fully saturated rings. The summed E-state index contributed by atoms with van der Waals surface area (Å²) in [6.07, 6.45) is 3.23. The van der Waals surface area contributed by atoms with E-state index in [0.29, 0.717) is 5.75 Å². The van der Waals surface area contributed by atoms with Crippen molar-refractivity contribution in [3.05, 3.63) is 34.4 Å². The second-order valence-electron chi connectivity index (χ2n) is 5.02. The van der Waals surface area contributed by atoms with E-state index in [2.05, 4.69) is 0 Å². The Hall–Kier alpha value is -2.15. The van der Waals surface area contributed by atoms with Crippen LogP contribution in [0.4, 0.5) is 5.69 Å². The molecule has 1 saturated heterocycles. The van der Waals surface area contributed by atoms with Crippen molar-refractivity contribution in [2.75, 3.05) is 19.8 Å². The van der Waals surface area contributed by atoms with E-state index in [9.17, 15) is 14.9 Å². The first-order valence-corrected chi connectivity index (χ1v) is 7.29. The number of hydrogen-bond acceptors (Lipinski definition) is 6. The third kappa shape index (κ3) is 5.33. The summed E-state index contributed by atoms with van der Waals surface area (Å²) in [5.74, 6) is 0.144. The van der Waals surface area contributed by atoms with Gasteiger partial charge >= 0.3 is 5.97 Å². The summed E-state index contributed by atoms with van der Waals surface area (Å²) in [4.78, 5) is 21.6. The number of carbonyl (C=O) groups excluding carboxylic acids is 1. The summed E-state index contributed by atoms with van der Waals surface area (Å²) in [6, 6.07) is 5.71. The number of nitro groups is 1. The van der Waals surface area contributed by atoms with E-state index >= 15 is 0 Å². The molecule has 0 radical (unpaired) electrons. The van der Waals surface area contributed by atoms with Crippen LogP contribution in [-0.4, -0.2) is 36.8 Å². The summed E-state index contributed by atoms with van der Waals surface area (Å²) in [5, 5.41) is 10.5. The fourth-order valence-corrected chi connectivity index (χ4v) is 2.11. The molecule has 0 amide bonds. The number of non-ortho nitro benzene ring substituents is 1. The van der Waals surface area contributed by atoms with Gasteiger partial charge in [0.05, 0.1) is 24.1 Å². The molecule has 7 heteroatoms. The van der Waals surface area contributed by atoms with Gasteiger partial charge in [0.15, 0.2) is 0 Å². The lowest BCUT2D eigenvalue weighted by atomic mass is 10.1.